The van der Waals surface area contributed by atoms with Crippen LogP contribution < -0.4 is 5.32 Å². The molecule has 0 atom stereocenters. The molecule has 1 heterocycles. The van der Waals surface area contributed by atoms with E-state index in [1.54, 1.807) is 7.11 Å². The molecule has 0 aliphatic carbocycles. The lowest BCUT2D eigenvalue weighted by Gasteiger charge is -2.19. The lowest BCUT2D eigenvalue weighted by Crippen LogP contribution is -2.18. The first-order valence-electron chi connectivity index (χ1n) is 7.25. The van der Waals surface area contributed by atoms with E-state index in [-0.39, 0.29) is 5.41 Å². The zero-order valence-electron chi connectivity index (χ0n) is 13.5. The van der Waals surface area contributed by atoms with E-state index >= 15 is 0 Å². The van der Waals surface area contributed by atoms with Gasteiger partial charge in [-0.05, 0) is 11.6 Å². The summed E-state index contributed by atoms with van der Waals surface area (Å²) in [5.41, 5.74) is 1.97. The smallest absolute Gasteiger partial charge is 0.136 e. The van der Waals surface area contributed by atoms with Gasteiger partial charge in [0.25, 0.3) is 0 Å². The van der Waals surface area contributed by atoms with Crippen molar-refractivity contribution in [2.75, 3.05) is 12.4 Å². The minimum atomic E-state index is -0.104. The first-order valence-corrected chi connectivity index (χ1v) is 8.04. The van der Waals surface area contributed by atoms with Crippen molar-refractivity contribution in [1.29, 1.82) is 0 Å². The zero-order chi connectivity index (χ0) is 16.2. The van der Waals surface area contributed by atoms with Crippen LogP contribution in [-0.2, 0) is 23.3 Å². The minimum absolute atomic E-state index is 0.104. The predicted molar refractivity (Wildman–Crippen MR) is 92.9 cm³/mol. The molecule has 5 heteroatoms. The van der Waals surface area contributed by atoms with E-state index in [9.17, 15) is 0 Å². The van der Waals surface area contributed by atoms with Crippen molar-refractivity contribution in [3.8, 4) is 0 Å². The van der Waals surface area contributed by atoms with Gasteiger partial charge in [0.2, 0.25) is 0 Å². The number of aromatic nitrogens is 2. The molecule has 1 N–H and O–H groups in total. The molecule has 1 aromatic heterocycles. The molecule has 22 heavy (non-hydrogen) atoms. The molecule has 0 saturated carbocycles. The minimum Gasteiger partial charge on any atom is -0.378 e. The fourth-order valence-electron chi connectivity index (χ4n) is 1.97. The summed E-state index contributed by atoms with van der Waals surface area (Å²) >= 11 is 3.56. The first kappa shape index (κ1) is 16.9. The molecule has 0 unspecified atom stereocenters. The molecule has 0 aliphatic heterocycles. The second kappa shape index (κ2) is 7.20. The zero-order valence-corrected chi connectivity index (χ0v) is 15.1. The van der Waals surface area contributed by atoms with Crippen molar-refractivity contribution in [1.82, 2.24) is 9.97 Å². The van der Waals surface area contributed by atoms with E-state index in [0.717, 1.165) is 21.8 Å². The van der Waals surface area contributed by atoms with Gasteiger partial charge in [-0.2, -0.15) is 0 Å². The molecule has 1 aromatic carbocycles. The fraction of sp³-hybridized carbons (Fsp3) is 0.412. The van der Waals surface area contributed by atoms with Crippen LogP contribution in [0, 0.1) is 0 Å². The van der Waals surface area contributed by atoms with E-state index in [1.165, 1.54) is 5.56 Å². The Morgan fingerprint density at radius 1 is 1.18 bits per heavy atom. The van der Waals surface area contributed by atoms with E-state index in [4.69, 9.17) is 4.74 Å². The van der Waals surface area contributed by atoms with Crippen LogP contribution in [0.3, 0.4) is 0 Å². The highest BCUT2D eigenvalue weighted by Crippen LogP contribution is 2.22. The third-order valence-corrected chi connectivity index (χ3v) is 3.93. The van der Waals surface area contributed by atoms with Gasteiger partial charge in [-0.1, -0.05) is 54.9 Å². The molecule has 0 saturated heterocycles. The van der Waals surface area contributed by atoms with Gasteiger partial charge < -0.3 is 10.1 Å². The summed E-state index contributed by atoms with van der Waals surface area (Å²) in [6, 6.07) is 10.1. The molecule has 4 nitrogen and oxygen atoms in total. The normalized spacial score (nSPS) is 11.5. The number of anilines is 1. The van der Waals surface area contributed by atoms with Crippen LogP contribution in [0.4, 0.5) is 5.82 Å². The average Bonchev–Trinajstić information content (AvgIpc) is 2.46. The van der Waals surface area contributed by atoms with E-state index in [0.29, 0.717) is 13.2 Å². The number of hydrogen-bond acceptors (Lipinski definition) is 4. The lowest BCUT2D eigenvalue weighted by molar-refractivity contribution is 0.181. The molecular weight excluding hydrogens is 342 g/mol. The molecule has 2 rings (SSSR count). The summed E-state index contributed by atoms with van der Waals surface area (Å²) in [7, 11) is 1.67. The summed E-state index contributed by atoms with van der Waals surface area (Å²) < 4.78 is 6.29. The maximum Gasteiger partial charge on any atom is 0.136 e. The topological polar surface area (TPSA) is 47.0 Å². The van der Waals surface area contributed by atoms with Crippen molar-refractivity contribution in [2.24, 2.45) is 0 Å². The third kappa shape index (κ3) is 4.52. The van der Waals surface area contributed by atoms with Gasteiger partial charge in [0.15, 0.2) is 0 Å². The standard InChI is InChI=1S/C17H22BrN3O/c1-17(2,3)16-20-13(11-22-4)9-15(21-16)19-10-12-7-5-6-8-14(12)18/h5-9H,10-11H2,1-4H3,(H,19,20,21). The molecule has 0 bridgehead atoms. The van der Waals surface area contributed by atoms with Crippen molar-refractivity contribution in [3.05, 3.63) is 51.9 Å². The number of benzene rings is 1. The Hall–Kier alpha value is -1.46. The van der Waals surface area contributed by atoms with E-state index in [2.05, 4.69) is 58.1 Å². The average molecular weight is 364 g/mol. The molecule has 0 amide bonds. The predicted octanol–water partition coefficient (Wildman–Crippen LogP) is 4.30. The molecule has 0 fully saturated rings. The summed E-state index contributed by atoms with van der Waals surface area (Å²) in [5, 5.41) is 3.38. The number of rotatable bonds is 5. The maximum absolute atomic E-state index is 5.21. The first-order chi connectivity index (χ1) is 10.4. The van der Waals surface area contributed by atoms with Gasteiger partial charge in [-0.15, -0.1) is 0 Å². The SMILES string of the molecule is COCc1cc(NCc2ccccc2Br)nc(C(C)(C)C)n1. The van der Waals surface area contributed by atoms with Gasteiger partial charge in [0, 0.05) is 29.6 Å². The molecular formula is C17H22BrN3O. The Bertz CT molecular complexity index is 638. The second-order valence-electron chi connectivity index (χ2n) is 6.20. The molecule has 0 radical (unpaired) electrons. The Kier molecular flexibility index (Phi) is 5.53. The summed E-state index contributed by atoms with van der Waals surface area (Å²) in [6.07, 6.45) is 0. The highest BCUT2D eigenvalue weighted by molar-refractivity contribution is 9.10. The van der Waals surface area contributed by atoms with Crippen LogP contribution >= 0.6 is 15.9 Å². The number of nitrogens with zero attached hydrogens (tertiary/aromatic N) is 2. The van der Waals surface area contributed by atoms with Crippen LogP contribution in [0.5, 0.6) is 0 Å². The molecule has 2 aromatic rings. The van der Waals surface area contributed by atoms with E-state index < -0.39 is 0 Å². The second-order valence-corrected chi connectivity index (χ2v) is 7.05. The summed E-state index contributed by atoms with van der Waals surface area (Å²) in [5.74, 6) is 1.64. The van der Waals surface area contributed by atoms with Gasteiger partial charge in [0.05, 0.1) is 12.3 Å². The largest absolute Gasteiger partial charge is 0.378 e. The van der Waals surface area contributed by atoms with Crippen LogP contribution in [-0.4, -0.2) is 17.1 Å². The van der Waals surface area contributed by atoms with Gasteiger partial charge in [-0.3, -0.25) is 0 Å². The molecule has 0 aliphatic rings. The van der Waals surface area contributed by atoms with E-state index in [1.807, 2.05) is 24.3 Å². The van der Waals surface area contributed by atoms with Gasteiger partial charge >= 0.3 is 0 Å². The number of ether oxygens (including phenoxy) is 1. The van der Waals surface area contributed by atoms with Crippen LogP contribution in [0.1, 0.15) is 37.9 Å². The molecule has 118 valence electrons. The Balaban J connectivity index is 2.22. The Morgan fingerprint density at radius 2 is 1.91 bits per heavy atom. The Labute approximate surface area is 140 Å². The fourth-order valence-corrected chi connectivity index (χ4v) is 2.40. The van der Waals surface area contributed by atoms with Crippen LogP contribution in [0.25, 0.3) is 0 Å². The highest BCUT2D eigenvalue weighted by atomic mass is 79.9. The number of nitrogens with one attached hydrogen (secondary N) is 1. The van der Waals surface area contributed by atoms with Crippen molar-refractivity contribution in [3.63, 3.8) is 0 Å². The van der Waals surface area contributed by atoms with Crippen molar-refractivity contribution in [2.45, 2.75) is 39.3 Å². The number of hydrogen-bond donors (Lipinski definition) is 1. The monoisotopic (exact) mass is 363 g/mol. The molecule has 0 spiro atoms. The van der Waals surface area contributed by atoms with Crippen LogP contribution in [0.2, 0.25) is 0 Å². The summed E-state index contributed by atoms with van der Waals surface area (Å²) in [4.78, 5) is 9.22. The van der Waals surface area contributed by atoms with Crippen molar-refractivity contribution < 1.29 is 4.74 Å². The highest BCUT2D eigenvalue weighted by Gasteiger charge is 2.19. The van der Waals surface area contributed by atoms with Gasteiger partial charge in [-0.25, -0.2) is 9.97 Å². The maximum atomic E-state index is 5.21. The quantitative estimate of drug-likeness (QED) is 0.860. The summed E-state index contributed by atoms with van der Waals surface area (Å²) in [6.45, 7) is 7.51. The lowest BCUT2D eigenvalue weighted by atomic mass is 9.95. The number of halogens is 1. The number of methoxy groups -OCH3 is 1. The van der Waals surface area contributed by atoms with Gasteiger partial charge in [0.1, 0.15) is 11.6 Å². The van der Waals surface area contributed by atoms with Crippen LogP contribution in [0.15, 0.2) is 34.8 Å². The Morgan fingerprint density at radius 3 is 2.55 bits per heavy atom. The van der Waals surface area contributed by atoms with Crippen molar-refractivity contribution >= 4 is 21.7 Å². The third-order valence-electron chi connectivity index (χ3n) is 3.16.